The summed E-state index contributed by atoms with van der Waals surface area (Å²) in [7, 11) is -3.05. The first-order valence-electron chi connectivity index (χ1n) is 11.9. The lowest BCUT2D eigenvalue weighted by Gasteiger charge is -2.14. The molecule has 0 fully saturated rings. The van der Waals surface area contributed by atoms with Gasteiger partial charge in [0.05, 0.1) is 17.7 Å². The van der Waals surface area contributed by atoms with Crippen molar-refractivity contribution in [2.45, 2.75) is 45.1 Å². The molecule has 1 aromatic heterocycles. The van der Waals surface area contributed by atoms with E-state index in [1.165, 1.54) is 6.26 Å². The normalized spacial score (nSPS) is 12.5. The average molecular weight is 506 g/mol. The van der Waals surface area contributed by atoms with Crippen LogP contribution >= 0.6 is 0 Å². The lowest BCUT2D eigenvalue weighted by Crippen LogP contribution is -2.04. The minimum atomic E-state index is -3.05. The lowest BCUT2D eigenvalue weighted by atomic mass is 9.98. The average Bonchev–Trinajstić information content (AvgIpc) is 3.22. The number of nitrogens with zero attached hydrogens (tertiary/aromatic N) is 1. The van der Waals surface area contributed by atoms with E-state index in [9.17, 15) is 13.2 Å². The number of hydrogen-bond donors (Lipinski definition) is 1. The fraction of sp³-hybridized carbons (Fsp3) is 0.276. The predicted molar refractivity (Wildman–Crippen MR) is 142 cm³/mol. The highest BCUT2D eigenvalue weighted by molar-refractivity contribution is 7.89. The summed E-state index contributed by atoms with van der Waals surface area (Å²) in [6.45, 7) is 5.12. The van der Waals surface area contributed by atoms with E-state index >= 15 is 0 Å². The second-order valence-electron chi connectivity index (χ2n) is 9.47. The lowest BCUT2D eigenvalue weighted by molar-refractivity contribution is -0.137. The number of fused-ring (bicyclic) bond motifs is 1. The van der Waals surface area contributed by atoms with Gasteiger partial charge >= 0.3 is 5.97 Å². The van der Waals surface area contributed by atoms with E-state index in [1.807, 2.05) is 55.5 Å². The second-order valence-corrected chi connectivity index (χ2v) is 11.6. The van der Waals surface area contributed by atoms with Crippen LogP contribution in [-0.2, 0) is 33.5 Å². The summed E-state index contributed by atoms with van der Waals surface area (Å²) in [6, 6.07) is 21.6. The summed E-state index contributed by atoms with van der Waals surface area (Å²) >= 11 is 0. The van der Waals surface area contributed by atoms with E-state index in [1.54, 1.807) is 0 Å². The molecule has 0 saturated heterocycles. The predicted octanol–water partition coefficient (Wildman–Crippen LogP) is 5.70. The number of aryl methyl sites for hydroxylation is 1. The van der Waals surface area contributed by atoms with Crippen LogP contribution in [0.4, 0.5) is 0 Å². The van der Waals surface area contributed by atoms with Crippen molar-refractivity contribution in [3.63, 3.8) is 0 Å². The molecule has 1 unspecified atom stereocenters. The van der Waals surface area contributed by atoms with Gasteiger partial charge in [-0.3, -0.25) is 4.79 Å². The van der Waals surface area contributed by atoms with Crippen LogP contribution in [0.5, 0.6) is 5.75 Å². The summed E-state index contributed by atoms with van der Waals surface area (Å²) in [4.78, 5) is 11.0. The third-order valence-corrected chi connectivity index (χ3v) is 7.28. The Labute approximate surface area is 212 Å². The van der Waals surface area contributed by atoms with Crippen molar-refractivity contribution in [1.29, 1.82) is 0 Å². The molecule has 0 aliphatic rings. The van der Waals surface area contributed by atoms with Crippen molar-refractivity contribution < 1.29 is 23.1 Å². The number of ether oxygens (including phenoxy) is 1. The third-order valence-electron chi connectivity index (χ3n) is 6.42. The van der Waals surface area contributed by atoms with Crippen molar-refractivity contribution in [2.24, 2.45) is 0 Å². The maximum atomic E-state index is 11.5. The molecule has 1 heterocycles. The van der Waals surface area contributed by atoms with Crippen molar-refractivity contribution in [3.05, 3.63) is 101 Å². The highest BCUT2D eigenvalue weighted by atomic mass is 32.2. The van der Waals surface area contributed by atoms with Gasteiger partial charge in [-0.05, 0) is 64.2 Å². The van der Waals surface area contributed by atoms with Crippen LogP contribution < -0.4 is 4.74 Å². The Kier molecular flexibility index (Phi) is 7.50. The molecule has 0 bridgehead atoms. The molecule has 0 radical (unpaired) electrons. The monoisotopic (exact) mass is 505 g/mol. The van der Waals surface area contributed by atoms with Gasteiger partial charge < -0.3 is 14.4 Å². The van der Waals surface area contributed by atoms with Crippen LogP contribution in [0.15, 0.2) is 72.9 Å². The molecule has 0 aliphatic carbocycles. The number of aromatic nitrogens is 1. The number of hydrogen-bond acceptors (Lipinski definition) is 4. The van der Waals surface area contributed by atoms with Crippen molar-refractivity contribution >= 4 is 26.7 Å². The van der Waals surface area contributed by atoms with Crippen LogP contribution in [0, 0.1) is 6.92 Å². The number of rotatable bonds is 10. The van der Waals surface area contributed by atoms with Crippen molar-refractivity contribution in [3.8, 4) is 5.75 Å². The Morgan fingerprint density at radius 2 is 1.64 bits per heavy atom. The molecule has 36 heavy (non-hydrogen) atoms. The molecule has 0 saturated carbocycles. The molecule has 0 aliphatic heterocycles. The van der Waals surface area contributed by atoms with Gasteiger partial charge in [-0.25, -0.2) is 8.42 Å². The van der Waals surface area contributed by atoms with E-state index in [4.69, 9.17) is 9.84 Å². The minimum absolute atomic E-state index is 0.0479. The van der Waals surface area contributed by atoms with E-state index < -0.39 is 15.8 Å². The molecule has 3 aromatic carbocycles. The summed E-state index contributed by atoms with van der Waals surface area (Å²) in [5, 5.41) is 10.2. The SMILES string of the molecule is Cc1c(COc2ccc(C(C)CC(=O)O)cc2)ccc2ccn(Cc3ccc(CS(C)(=O)=O)cc3)c12. The number of sulfone groups is 1. The largest absolute Gasteiger partial charge is 0.489 e. The van der Waals surface area contributed by atoms with Gasteiger partial charge in [-0.15, -0.1) is 0 Å². The molecule has 0 amide bonds. The summed E-state index contributed by atoms with van der Waals surface area (Å²) in [5.74, 6) is -0.0654. The molecule has 6 nitrogen and oxygen atoms in total. The van der Waals surface area contributed by atoms with Crippen LogP contribution in [0.25, 0.3) is 10.9 Å². The first kappa shape index (κ1) is 25.5. The Morgan fingerprint density at radius 3 is 2.28 bits per heavy atom. The van der Waals surface area contributed by atoms with Gasteiger partial charge in [-0.1, -0.05) is 55.5 Å². The van der Waals surface area contributed by atoms with Gasteiger partial charge in [-0.2, -0.15) is 0 Å². The number of benzene rings is 3. The zero-order chi connectivity index (χ0) is 25.9. The van der Waals surface area contributed by atoms with Crippen molar-refractivity contribution in [1.82, 2.24) is 4.57 Å². The van der Waals surface area contributed by atoms with Crippen LogP contribution in [0.1, 0.15) is 47.1 Å². The zero-order valence-corrected chi connectivity index (χ0v) is 21.6. The van der Waals surface area contributed by atoms with Crippen LogP contribution in [0.3, 0.4) is 0 Å². The Morgan fingerprint density at radius 1 is 0.972 bits per heavy atom. The molecular formula is C29H31NO5S. The number of carboxylic acids is 1. The molecule has 1 N–H and O–H groups in total. The van der Waals surface area contributed by atoms with Gasteiger partial charge in [0, 0.05) is 19.0 Å². The van der Waals surface area contributed by atoms with Gasteiger partial charge in [0.25, 0.3) is 0 Å². The molecule has 1 atom stereocenters. The van der Waals surface area contributed by atoms with Crippen LogP contribution in [0.2, 0.25) is 0 Å². The second kappa shape index (κ2) is 10.6. The molecule has 4 aromatic rings. The fourth-order valence-corrected chi connectivity index (χ4v) is 5.28. The third kappa shape index (κ3) is 6.34. The molecule has 0 spiro atoms. The zero-order valence-electron chi connectivity index (χ0n) is 20.8. The molecular weight excluding hydrogens is 474 g/mol. The topological polar surface area (TPSA) is 85.6 Å². The highest BCUT2D eigenvalue weighted by Gasteiger charge is 2.12. The number of carboxylic acid groups (broad SMARTS) is 1. The van der Waals surface area contributed by atoms with Crippen LogP contribution in [-0.4, -0.2) is 30.3 Å². The van der Waals surface area contributed by atoms with E-state index in [2.05, 4.69) is 35.9 Å². The van der Waals surface area contributed by atoms with Gasteiger partial charge in [0.15, 0.2) is 9.84 Å². The highest BCUT2D eigenvalue weighted by Crippen LogP contribution is 2.27. The smallest absolute Gasteiger partial charge is 0.303 e. The molecule has 7 heteroatoms. The van der Waals surface area contributed by atoms with Gasteiger partial charge in [0.1, 0.15) is 12.4 Å². The molecule has 188 valence electrons. The van der Waals surface area contributed by atoms with Gasteiger partial charge in [0.2, 0.25) is 0 Å². The summed E-state index contributed by atoms with van der Waals surface area (Å²) in [5.41, 5.74) is 6.26. The quantitative estimate of drug-likeness (QED) is 0.299. The Balaban J connectivity index is 1.47. The van der Waals surface area contributed by atoms with Crippen molar-refractivity contribution in [2.75, 3.05) is 6.26 Å². The first-order valence-corrected chi connectivity index (χ1v) is 13.9. The first-order chi connectivity index (χ1) is 17.1. The Bertz CT molecular complexity index is 1470. The van der Waals surface area contributed by atoms with E-state index in [0.29, 0.717) is 13.2 Å². The fourth-order valence-electron chi connectivity index (χ4n) is 4.49. The minimum Gasteiger partial charge on any atom is -0.489 e. The van der Waals surface area contributed by atoms with E-state index in [0.717, 1.165) is 44.5 Å². The Hall–Kier alpha value is -3.58. The molecule has 4 rings (SSSR count). The standard InChI is InChI=1S/C29H31NO5S/c1-20(16-28(31)32)24-10-12-27(13-11-24)35-18-26-9-8-25-14-15-30(29(25)21(26)2)17-22-4-6-23(7-5-22)19-36(3,33)34/h4-15,20H,16-19H2,1-3H3,(H,31,32). The maximum Gasteiger partial charge on any atom is 0.303 e. The summed E-state index contributed by atoms with van der Waals surface area (Å²) in [6.07, 6.45) is 3.42. The maximum absolute atomic E-state index is 11.5. The van der Waals surface area contributed by atoms with E-state index in [-0.39, 0.29) is 18.1 Å². The number of aliphatic carboxylic acids is 1. The number of carbonyl (C=O) groups is 1. The summed E-state index contributed by atoms with van der Waals surface area (Å²) < 4.78 is 31.3.